The Morgan fingerprint density at radius 3 is 2.88 bits per heavy atom. The van der Waals surface area contributed by atoms with Crippen LogP contribution in [0.15, 0.2) is 24.8 Å². The van der Waals surface area contributed by atoms with E-state index in [0.29, 0.717) is 0 Å². The predicted molar refractivity (Wildman–Crippen MR) is 56.3 cm³/mol. The van der Waals surface area contributed by atoms with Crippen molar-refractivity contribution in [1.82, 2.24) is 4.98 Å². The summed E-state index contributed by atoms with van der Waals surface area (Å²) in [6.45, 7) is 3.25. The van der Waals surface area contributed by atoms with Crippen LogP contribution in [-0.2, 0) is 4.79 Å². The number of carbonyl (C=O) groups excluding carboxylic acids is 1. The van der Waals surface area contributed by atoms with E-state index in [2.05, 4.69) is 16.9 Å². The van der Waals surface area contributed by atoms with E-state index in [1.54, 1.807) is 0 Å². The topological polar surface area (TPSA) is 94.4 Å². The molecular formula is C9H9N3O4. The molecule has 1 rings (SSSR count). The van der Waals surface area contributed by atoms with Crippen molar-refractivity contribution in [2.45, 2.75) is 0 Å². The highest BCUT2D eigenvalue weighted by Gasteiger charge is 2.18. The zero-order valence-electron chi connectivity index (χ0n) is 8.47. The Bertz CT molecular complexity index is 444. The average Bonchev–Trinajstić information content (AvgIpc) is 2.28. The van der Waals surface area contributed by atoms with Crippen LogP contribution in [0, 0.1) is 10.1 Å². The van der Waals surface area contributed by atoms with E-state index in [1.807, 2.05) is 0 Å². The number of nitro groups is 1. The second kappa shape index (κ2) is 4.87. The maximum atomic E-state index is 10.9. The predicted octanol–water partition coefficient (Wildman–Crippen LogP) is 1.12. The molecule has 0 saturated heterocycles. The molecule has 0 atom stereocenters. The number of nitrogens with one attached hydrogen (secondary N) is 1. The third kappa shape index (κ3) is 2.53. The number of anilines is 1. The third-order valence-corrected chi connectivity index (χ3v) is 1.67. The molecule has 1 N–H and O–H groups in total. The van der Waals surface area contributed by atoms with Gasteiger partial charge in [-0.05, 0) is 22.0 Å². The van der Waals surface area contributed by atoms with Gasteiger partial charge in [0.25, 0.3) is 5.91 Å². The highest BCUT2D eigenvalue weighted by atomic mass is 16.6. The van der Waals surface area contributed by atoms with Crippen molar-refractivity contribution in [1.29, 1.82) is 0 Å². The fraction of sp³-hybridized carbons (Fsp3) is 0.111. The van der Waals surface area contributed by atoms with E-state index in [1.165, 1.54) is 19.2 Å². The van der Waals surface area contributed by atoms with E-state index in [9.17, 15) is 14.9 Å². The normalized spacial score (nSPS) is 9.31. The number of pyridine rings is 1. The minimum absolute atomic E-state index is 0.0293. The number of amides is 1. The van der Waals surface area contributed by atoms with Crippen LogP contribution in [-0.4, -0.2) is 22.9 Å². The Hall–Kier alpha value is -2.44. The quantitative estimate of drug-likeness (QED) is 0.469. The van der Waals surface area contributed by atoms with Crippen LogP contribution in [0.3, 0.4) is 0 Å². The van der Waals surface area contributed by atoms with Crippen molar-refractivity contribution in [3.8, 4) is 5.75 Å². The van der Waals surface area contributed by atoms with Crippen molar-refractivity contribution in [3.63, 3.8) is 0 Å². The summed E-state index contributed by atoms with van der Waals surface area (Å²) in [7, 11) is 1.30. The Balaban J connectivity index is 3.06. The molecule has 16 heavy (non-hydrogen) atoms. The SMILES string of the molecule is C=CC(=O)Nc1ccc(OC)c([N+](=O)[O-])n1. The van der Waals surface area contributed by atoms with Crippen molar-refractivity contribution < 1.29 is 14.5 Å². The second-order valence-electron chi connectivity index (χ2n) is 2.67. The lowest BCUT2D eigenvalue weighted by Gasteiger charge is -2.02. The van der Waals surface area contributed by atoms with Crippen molar-refractivity contribution in [2.24, 2.45) is 0 Å². The summed E-state index contributed by atoms with van der Waals surface area (Å²) in [5, 5.41) is 12.9. The second-order valence-corrected chi connectivity index (χ2v) is 2.67. The molecule has 0 saturated carbocycles. The van der Waals surface area contributed by atoms with Crippen LogP contribution in [0.25, 0.3) is 0 Å². The Kier molecular flexibility index (Phi) is 3.54. The molecule has 1 aromatic heterocycles. The summed E-state index contributed by atoms with van der Waals surface area (Å²) in [4.78, 5) is 24.5. The van der Waals surface area contributed by atoms with Gasteiger partial charge in [-0.2, -0.15) is 0 Å². The molecule has 0 radical (unpaired) electrons. The van der Waals surface area contributed by atoms with Gasteiger partial charge in [-0.1, -0.05) is 6.58 Å². The molecule has 0 aromatic carbocycles. The Morgan fingerprint density at radius 1 is 1.69 bits per heavy atom. The van der Waals surface area contributed by atoms with Crippen molar-refractivity contribution >= 4 is 17.5 Å². The first-order chi connectivity index (χ1) is 7.58. The summed E-state index contributed by atoms with van der Waals surface area (Å²) < 4.78 is 4.76. The standard InChI is InChI=1S/C9H9N3O4/c1-3-8(13)10-7-5-4-6(16-2)9(11-7)12(14)15/h3-5H,1H2,2H3,(H,10,11,13). The van der Waals surface area contributed by atoms with Gasteiger partial charge in [0.05, 0.1) is 7.11 Å². The molecule has 0 aliphatic rings. The summed E-state index contributed by atoms with van der Waals surface area (Å²) in [6, 6.07) is 2.75. The van der Waals surface area contributed by atoms with Crippen LogP contribution < -0.4 is 10.1 Å². The Morgan fingerprint density at radius 2 is 2.38 bits per heavy atom. The molecule has 0 aliphatic heterocycles. The van der Waals surface area contributed by atoms with Gasteiger partial charge in [0.2, 0.25) is 11.6 Å². The lowest BCUT2D eigenvalue weighted by atomic mass is 10.4. The molecule has 1 heterocycles. The molecule has 0 bridgehead atoms. The van der Waals surface area contributed by atoms with Gasteiger partial charge >= 0.3 is 5.82 Å². The molecule has 7 nitrogen and oxygen atoms in total. The number of methoxy groups -OCH3 is 1. The zero-order chi connectivity index (χ0) is 12.1. The fourth-order valence-electron chi connectivity index (χ4n) is 0.973. The van der Waals surface area contributed by atoms with E-state index < -0.39 is 16.6 Å². The summed E-state index contributed by atoms with van der Waals surface area (Å²) in [5.41, 5.74) is 0. The number of ether oxygens (including phenoxy) is 1. The molecule has 0 aliphatic carbocycles. The average molecular weight is 223 g/mol. The number of hydrogen-bond donors (Lipinski definition) is 1. The molecule has 0 spiro atoms. The van der Waals surface area contributed by atoms with Crippen LogP contribution in [0.5, 0.6) is 5.75 Å². The van der Waals surface area contributed by atoms with Gasteiger partial charge < -0.3 is 14.9 Å². The van der Waals surface area contributed by atoms with Gasteiger partial charge in [0, 0.05) is 6.07 Å². The molecule has 1 amide bonds. The summed E-state index contributed by atoms with van der Waals surface area (Å²) in [6.07, 6.45) is 1.04. The maximum Gasteiger partial charge on any atom is 0.408 e. The first-order valence-electron chi connectivity index (χ1n) is 4.21. The van der Waals surface area contributed by atoms with Crippen LogP contribution in [0.2, 0.25) is 0 Å². The third-order valence-electron chi connectivity index (χ3n) is 1.67. The van der Waals surface area contributed by atoms with Crippen LogP contribution in [0.1, 0.15) is 0 Å². The van der Waals surface area contributed by atoms with Crippen LogP contribution >= 0.6 is 0 Å². The molecule has 84 valence electrons. The number of aromatic nitrogens is 1. The molecule has 7 heteroatoms. The zero-order valence-corrected chi connectivity index (χ0v) is 8.47. The van der Waals surface area contributed by atoms with E-state index in [4.69, 9.17) is 4.74 Å². The first kappa shape index (κ1) is 11.6. The van der Waals surface area contributed by atoms with Gasteiger partial charge in [-0.3, -0.25) is 10.1 Å². The van der Waals surface area contributed by atoms with Gasteiger partial charge in [-0.25, -0.2) is 0 Å². The van der Waals surface area contributed by atoms with Gasteiger partial charge in [0.15, 0.2) is 0 Å². The minimum Gasteiger partial charge on any atom is -0.489 e. The van der Waals surface area contributed by atoms with Gasteiger partial charge in [0.1, 0.15) is 0 Å². The smallest absolute Gasteiger partial charge is 0.408 e. The highest BCUT2D eigenvalue weighted by Crippen LogP contribution is 2.25. The molecule has 0 unspecified atom stereocenters. The maximum absolute atomic E-state index is 10.9. The van der Waals surface area contributed by atoms with Crippen molar-refractivity contribution in [2.75, 3.05) is 12.4 Å². The van der Waals surface area contributed by atoms with E-state index in [0.717, 1.165) is 6.08 Å². The molecular weight excluding hydrogens is 214 g/mol. The number of nitrogens with zero attached hydrogens (tertiary/aromatic N) is 2. The summed E-state index contributed by atoms with van der Waals surface area (Å²) in [5.74, 6) is -0.852. The van der Waals surface area contributed by atoms with Gasteiger partial charge in [-0.15, -0.1) is 0 Å². The number of carbonyl (C=O) groups is 1. The molecule has 1 aromatic rings. The largest absolute Gasteiger partial charge is 0.489 e. The fourth-order valence-corrected chi connectivity index (χ4v) is 0.973. The van der Waals surface area contributed by atoms with Crippen molar-refractivity contribution in [3.05, 3.63) is 34.9 Å². The first-order valence-corrected chi connectivity index (χ1v) is 4.21. The lowest BCUT2D eigenvalue weighted by Crippen LogP contribution is -2.09. The lowest BCUT2D eigenvalue weighted by molar-refractivity contribution is -0.390. The number of rotatable bonds is 4. The van der Waals surface area contributed by atoms with E-state index in [-0.39, 0.29) is 11.6 Å². The molecule has 0 fully saturated rings. The number of hydrogen-bond acceptors (Lipinski definition) is 5. The highest BCUT2D eigenvalue weighted by molar-refractivity contribution is 5.98. The van der Waals surface area contributed by atoms with E-state index >= 15 is 0 Å². The minimum atomic E-state index is -0.692. The van der Waals surface area contributed by atoms with Crippen LogP contribution in [0.4, 0.5) is 11.6 Å². The summed E-state index contributed by atoms with van der Waals surface area (Å²) >= 11 is 0. The monoisotopic (exact) mass is 223 g/mol. The Labute approximate surface area is 90.9 Å².